The van der Waals surface area contributed by atoms with Gasteiger partial charge in [0, 0.05) is 42.8 Å². The first kappa shape index (κ1) is 18.0. The first-order chi connectivity index (χ1) is 13.2. The molecule has 1 unspecified atom stereocenters. The normalized spacial score (nSPS) is 21.5. The predicted molar refractivity (Wildman–Crippen MR) is 105 cm³/mol. The maximum atomic E-state index is 12.5. The zero-order valence-corrected chi connectivity index (χ0v) is 15.7. The van der Waals surface area contributed by atoms with Gasteiger partial charge in [0.1, 0.15) is 0 Å². The van der Waals surface area contributed by atoms with E-state index in [-0.39, 0.29) is 24.3 Å². The summed E-state index contributed by atoms with van der Waals surface area (Å²) in [5, 5.41) is 7.13. The fourth-order valence-electron chi connectivity index (χ4n) is 4.54. The molecule has 1 atom stereocenters. The van der Waals surface area contributed by atoms with Crippen LogP contribution in [0.1, 0.15) is 37.7 Å². The van der Waals surface area contributed by atoms with Crippen molar-refractivity contribution in [3.63, 3.8) is 0 Å². The van der Waals surface area contributed by atoms with Crippen LogP contribution in [0, 0.1) is 0 Å². The second kappa shape index (κ2) is 8.13. The van der Waals surface area contributed by atoms with Crippen LogP contribution in [-0.2, 0) is 16.0 Å². The Hall–Kier alpha value is -2.34. The van der Waals surface area contributed by atoms with Crippen LogP contribution in [-0.4, -0.2) is 53.4 Å². The van der Waals surface area contributed by atoms with Gasteiger partial charge in [-0.05, 0) is 30.9 Å². The topological polar surface area (TPSA) is 77.2 Å². The number of carbonyl (C=O) groups excluding carboxylic acids is 2. The zero-order valence-electron chi connectivity index (χ0n) is 15.7. The lowest BCUT2D eigenvalue weighted by Crippen LogP contribution is -2.59. The molecule has 1 saturated heterocycles. The minimum Gasteiger partial charge on any atom is -0.361 e. The zero-order chi connectivity index (χ0) is 18.6. The number of piperazine rings is 1. The van der Waals surface area contributed by atoms with E-state index in [4.69, 9.17) is 0 Å². The molecule has 0 bridgehead atoms. The summed E-state index contributed by atoms with van der Waals surface area (Å²) in [6, 6.07) is 8.31. The van der Waals surface area contributed by atoms with Crippen LogP contribution in [0.3, 0.4) is 0 Å². The smallest absolute Gasteiger partial charge is 0.237 e. The first-order valence-electron chi connectivity index (χ1n) is 10.1. The summed E-state index contributed by atoms with van der Waals surface area (Å²) in [4.78, 5) is 30.4. The third-order valence-corrected chi connectivity index (χ3v) is 5.94. The van der Waals surface area contributed by atoms with Crippen molar-refractivity contribution in [2.75, 3.05) is 19.6 Å². The van der Waals surface area contributed by atoms with Gasteiger partial charge in [-0.2, -0.15) is 0 Å². The molecular formula is C21H28N4O2. The second-order valence-corrected chi connectivity index (χ2v) is 7.65. The van der Waals surface area contributed by atoms with Gasteiger partial charge >= 0.3 is 0 Å². The van der Waals surface area contributed by atoms with Crippen molar-refractivity contribution in [1.29, 1.82) is 0 Å². The molecule has 6 nitrogen and oxygen atoms in total. The molecule has 2 aliphatic rings. The minimum atomic E-state index is -0.324. The molecule has 2 amide bonds. The Balaban J connectivity index is 1.31. The number of benzene rings is 1. The summed E-state index contributed by atoms with van der Waals surface area (Å²) in [6.07, 6.45) is 7.78. The lowest BCUT2D eigenvalue weighted by molar-refractivity contribution is -0.135. The molecule has 1 aliphatic carbocycles. The van der Waals surface area contributed by atoms with Crippen molar-refractivity contribution < 1.29 is 9.59 Å². The first-order valence-corrected chi connectivity index (χ1v) is 10.1. The lowest BCUT2D eigenvalue weighted by atomic mass is 10.0. The Morgan fingerprint density at radius 3 is 2.89 bits per heavy atom. The summed E-state index contributed by atoms with van der Waals surface area (Å²) in [5.74, 6) is -0.0418. The van der Waals surface area contributed by atoms with E-state index < -0.39 is 0 Å². The van der Waals surface area contributed by atoms with Crippen LogP contribution >= 0.6 is 0 Å². The fourth-order valence-corrected chi connectivity index (χ4v) is 4.54. The molecule has 27 heavy (non-hydrogen) atoms. The number of rotatable bonds is 6. The van der Waals surface area contributed by atoms with Gasteiger partial charge in [0.05, 0.1) is 12.5 Å². The molecular weight excluding hydrogens is 340 g/mol. The van der Waals surface area contributed by atoms with Gasteiger partial charge in [0.15, 0.2) is 0 Å². The van der Waals surface area contributed by atoms with E-state index in [1.807, 2.05) is 18.3 Å². The SMILES string of the molecule is O=C(CC1C(=O)NCCN1C1CCCC1)NCCc1c[nH]c2ccccc12. The van der Waals surface area contributed by atoms with Crippen LogP contribution in [0.4, 0.5) is 0 Å². The Morgan fingerprint density at radius 1 is 1.22 bits per heavy atom. The monoisotopic (exact) mass is 368 g/mol. The average Bonchev–Trinajstić information content (AvgIpc) is 3.34. The predicted octanol–water partition coefficient (Wildman–Crippen LogP) is 1.96. The number of amides is 2. The summed E-state index contributed by atoms with van der Waals surface area (Å²) in [7, 11) is 0. The molecule has 2 aromatic rings. The van der Waals surface area contributed by atoms with Gasteiger partial charge in [-0.15, -0.1) is 0 Å². The number of nitrogens with zero attached hydrogens (tertiary/aromatic N) is 1. The third kappa shape index (κ3) is 4.00. The second-order valence-electron chi connectivity index (χ2n) is 7.65. The van der Waals surface area contributed by atoms with Crippen LogP contribution in [0.5, 0.6) is 0 Å². The minimum absolute atomic E-state index is 0.0000661. The van der Waals surface area contributed by atoms with Gasteiger partial charge in [-0.3, -0.25) is 14.5 Å². The molecule has 1 aromatic heterocycles. The van der Waals surface area contributed by atoms with Crippen molar-refractivity contribution in [1.82, 2.24) is 20.5 Å². The maximum Gasteiger partial charge on any atom is 0.237 e. The van der Waals surface area contributed by atoms with Crippen molar-refractivity contribution >= 4 is 22.7 Å². The van der Waals surface area contributed by atoms with E-state index in [0.717, 1.165) is 31.3 Å². The maximum absolute atomic E-state index is 12.5. The van der Waals surface area contributed by atoms with E-state index in [2.05, 4.69) is 32.7 Å². The van der Waals surface area contributed by atoms with Crippen LogP contribution in [0.15, 0.2) is 30.5 Å². The summed E-state index contributed by atoms with van der Waals surface area (Å²) < 4.78 is 0. The average molecular weight is 368 g/mol. The molecule has 1 aromatic carbocycles. The third-order valence-electron chi connectivity index (χ3n) is 5.94. The molecule has 3 N–H and O–H groups in total. The van der Waals surface area contributed by atoms with Crippen molar-refractivity contribution in [2.24, 2.45) is 0 Å². The van der Waals surface area contributed by atoms with E-state index in [0.29, 0.717) is 19.1 Å². The standard InChI is InChI=1S/C21H28N4O2/c26-20(22-10-9-15-14-24-18-8-4-3-7-17(15)18)13-19-21(27)23-11-12-25(19)16-5-1-2-6-16/h3-4,7-8,14,16,19,24H,1-2,5-6,9-13H2,(H,22,26)(H,23,27). The van der Waals surface area contributed by atoms with Crippen LogP contribution < -0.4 is 10.6 Å². The number of H-pyrrole nitrogens is 1. The molecule has 2 heterocycles. The number of carbonyl (C=O) groups is 2. The highest BCUT2D eigenvalue weighted by Gasteiger charge is 2.36. The Labute approximate surface area is 159 Å². The molecule has 0 radical (unpaired) electrons. The Bertz CT molecular complexity index is 809. The van der Waals surface area contributed by atoms with Gasteiger partial charge in [-0.1, -0.05) is 31.0 Å². The van der Waals surface area contributed by atoms with Gasteiger partial charge in [-0.25, -0.2) is 0 Å². The highest BCUT2D eigenvalue weighted by molar-refractivity contribution is 5.89. The Kier molecular flexibility index (Phi) is 5.43. The van der Waals surface area contributed by atoms with Crippen molar-refractivity contribution in [3.05, 3.63) is 36.0 Å². The van der Waals surface area contributed by atoms with E-state index in [1.165, 1.54) is 23.8 Å². The quantitative estimate of drug-likeness (QED) is 0.729. The number of para-hydroxylation sites is 1. The molecule has 0 spiro atoms. The molecule has 1 aliphatic heterocycles. The van der Waals surface area contributed by atoms with Gasteiger partial charge in [0.25, 0.3) is 0 Å². The molecule has 4 rings (SSSR count). The van der Waals surface area contributed by atoms with Gasteiger partial charge in [0.2, 0.25) is 11.8 Å². The van der Waals surface area contributed by atoms with Crippen molar-refractivity contribution in [3.8, 4) is 0 Å². The van der Waals surface area contributed by atoms with E-state index in [1.54, 1.807) is 0 Å². The molecule has 6 heteroatoms. The number of aromatic nitrogens is 1. The summed E-state index contributed by atoms with van der Waals surface area (Å²) >= 11 is 0. The van der Waals surface area contributed by atoms with Crippen LogP contribution in [0.2, 0.25) is 0 Å². The molecule has 144 valence electrons. The fraction of sp³-hybridized carbons (Fsp3) is 0.524. The van der Waals surface area contributed by atoms with E-state index >= 15 is 0 Å². The highest BCUT2D eigenvalue weighted by Crippen LogP contribution is 2.27. The van der Waals surface area contributed by atoms with E-state index in [9.17, 15) is 9.59 Å². The largest absolute Gasteiger partial charge is 0.361 e. The number of aromatic amines is 1. The molecule has 2 fully saturated rings. The number of nitrogens with one attached hydrogen (secondary N) is 3. The lowest BCUT2D eigenvalue weighted by Gasteiger charge is -2.38. The Morgan fingerprint density at radius 2 is 2.04 bits per heavy atom. The number of hydrogen-bond acceptors (Lipinski definition) is 3. The highest BCUT2D eigenvalue weighted by atomic mass is 16.2. The number of hydrogen-bond donors (Lipinski definition) is 3. The van der Waals surface area contributed by atoms with Gasteiger partial charge < -0.3 is 15.6 Å². The molecule has 1 saturated carbocycles. The summed E-state index contributed by atoms with van der Waals surface area (Å²) in [5.41, 5.74) is 2.32. The van der Waals surface area contributed by atoms with Crippen molar-refractivity contribution in [2.45, 2.75) is 50.6 Å². The summed E-state index contributed by atoms with van der Waals surface area (Å²) in [6.45, 7) is 2.12. The van der Waals surface area contributed by atoms with Crippen LogP contribution in [0.25, 0.3) is 10.9 Å². The number of fused-ring (bicyclic) bond motifs is 1.